The Morgan fingerprint density at radius 2 is 2.00 bits per heavy atom. The lowest BCUT2D eigenvalue weighted by Gasteiger charge is -2.22. The van der Waals surface area contributed by atoms with E-state index in [4.69, 9.17) is 4.74 Å². The van der Waals surface area contributed by atoms with Gasteiger partial charge in [-0.1, -0.05) is 34.1 Å². The molecule has 0 atom stereocenters. The van der Waals surface area contributed by atoms with E-state index >= 15 is 0 Å². The van der Waals surface area contributed by atoms with Gasteiger partial charge in [0.2, 0.25) is 0 Å². The molecule has 0 heterocycles. The van der Waals surface area contributed by atoms with E-state index in [2.05, 4.69) is 33.0 Å². The second kappa shape index (κ2) is 7.69. The van der Waals surface area contributed by atoms with Crippen LogP contribution in [0.2, 0.25) is 0 Å². The van der Waals surface area contributed by atoms with Gasteiger partial charge in [0.05, 0.1) is 13.2 Å². The van der Waals surface area contributed by atoms with Gasteiger partial charge in [-0.05, 0) is 18.3 Å². The van der Waals surface area contributed by atoms with Crippen LogP contribution in [0.1, 0.15) is 47.0 Å². The lowest BCUT2D eigenvalue weighted by atomic mass is 9.90. The van der Waals surface area contributed by atoms with Crippen molar-refractivity contribution in [3.05, 3.63) is 0 Å². The molecule has 3 nitrogen and oxygen atoms in total. The minimum Gasteiger partial charge on any atom is -0.465 e. The Bertz CT molecular complexity index is 178. The molecule has 0 unspecified atom stereocenters. The number of ether oxygens (including phenoxy) is 1. The standard InChI is InChI=1S/C12H25NO2/c1-5-7-8-15-11(14)9-13-10-12(3,4)6-2/h13H,5-10H2,1-4H3. The molecular weight excluding hydrogens is 190 g/mol. The van der Waals surface area contributed by atoms with Gasteiger partial charge in [0.25, 0.3) is 0 Å². The molecular formula is C12H25NO2. The molecule has 0 aromatic heterocycles. The first kappa shape index (κ1) is 14.4. The van der Waals surface area contributed by atoms with Crippen molar-refractivity contribution in [2.45, 2.75) is 47.0 Å². The fourth-order valence-electron chi connectivity index (χ4n) is 1.01. The number of rotatable bonds is 8. The molecule has 1 N–H and O–H groups in total. The highest BCUT2D eigenvalue weighted by Crippen LogP contribution is 2.17. The number of hydrogen-bond donors (Lipinski definition) is 1. The molecule has 15 heavy (non-hydrogen) atoms. The molecule has 0 amide bonds. The van der Waals surface area contributed by atoms with Crippen LogP contribution in [0, 0.1) is 5.41 Å². The summed E-state index contributed by atoms with van der Waals surface area (Å²) in [5.74, 6) is -0.143. The van der Waals surface area contributed by atoms with Crippen LogP contribution < -0.4 is 5.32 Å². The molecule has 3 heteroatoms. The fraction of sp³-hybridized carbons (Fsp3) is 0.917. The Morgan fingerprint density at radius 3 is 2.53 bits per heavy atom. The largest absolute Gasteiger partial charge is 0.465 e. The summed E-state index contributed by atoms with van der Waals surface area (Å²) >= 11 is 0. The summed E-state index contributed by atoms with van der Waals surface area (Å²) in [4.78, 5) is 11.2. The summed E-state index contributed by atoms with van der Waals surface area (Å²) in [5, 5.41) is 3.13. The predicted octanol–water partition coefficient (Wildman–Crippen LogP) is 2.36. The molecule has 0 saturated heterocycles. The van der Waals surface area contributed by atoms with Gasteiger partial charge in [-0.15, -0.1) is 0 Å². The van der Waals surface area contributed by atoms with Gasteiger partial charge >= 0.3 is 5.97 Å². The number of hydrogen-bond acceptors (Lipinski definition) is 3. The number of unbranched alkanes of at least 4 members (excludes halogenated alkanes) is 1. The van der Waals surface area contributed by atoms with Crippen LogP contribution in [0.4, 0.5) is 0 Å². The van der Waals surface area contributed by atoms with Crippen LogP contribution in [0.5, 0.6) is 0 Å². The van der Waals surface area contributed by atoms with E-state index in [1.165, 1.54) is 0 Å². The van der Waals surface area contributed by atoms with Crippen molar-refractivity contribution in [3.8, 4) is 0 Å². The Kier molecular flexibility index (Phi) is 7.39. The van der Waals surface area contributed by atoms with E-state index in [-0.39, 0.29) is 11.4 Å². The molecule has 0 bridgehead atoms. The predicted molar refractivity (Wildman–Crippen MR) is 62.8 cm³/mol. The van der Waals surface area contributed by atoms with Crippen molar-refractivity contribution in [1.29, 1.82) is 0 Å². The Morgan fingerprint density at radius 1 is 1.33 bits per heavy atom. The zero-order chi connectivity index (χ0) is 11.7. The van der Waals surface area contributed by atoms with Crippen molar-refractivity contribution in [2.24, 2.45) is 5.41 Å². The van der Waals surface area contributed by atoms with Crippen molar-refractivity contribution < 1.29 is 9.53 Å². The van der Waals surface area contributed by atoms with E-state index in [0.717, 1.165) is 25.8 Å². The van der Waals surface area contributed by atoms with Crippen LogP contribution in [0.3, 0.4) is 0 Å². The second-order valence-corrected chi connectivity index (χ2v) is 4.70. The topological polar surface area (TPSA) is 38.3 Å². The van der Waals surface area contributed by atoms with Crippen LogP contribution in [0.15, 0.2) is 0 Å². The van der Waals surface area contributed by atoms with Gasteiger partial charge in [0.15, 0.2) is 0 Å². The Balaban J connectivity index is 3.46. The summed E-state index contributed by atoms with van der Waals surface area (Å²) in [7, 11) is 0. The molecule has 0 rings (SSSR count). The third kappa shape index (κ3) is 8.43. The highest BCUT2D eigenvalue weighted by atomic mass is 16.5. The van der Waals surface area contributed by atoms with E-state index in [1.54, 1.807) is 0 Å². The van der Waals surface area contributed by atoms with E-state index in [9.17, 15) is 4.79 Å². The summed E-state index contributed by atoms with van der Waals surface area (Å²) < 4.78 is 5.03. The highest BCUT2D eigenvalue weighted by Gasteiger charge is 2.14. The maximum atomic E-state index is 11.2. The fourth-order valence-corrected chi connectivity index (χ4v) is 1.01. The average Bonchev–Trinajstić information content (AvgIpc) is 2.18. The molecule has 0 aromatic carbocycles. The number of carbonyl (C=O) groups is 1. The summed E-state index contributed by atoms with van der Waals surface area (Å²) in [6.45, 7) is 10.3. The zero-order valence-corrected chi connectivity index (χ0v) is 10.6. The molecule has 0 radical (unpaired) electrons. The van der Waals surface area contributed by atoms with Crippen molar-refractivity contribution in [1.82, 2.24) is 5.32 Å². The van der Waals surface area contributed by atoms with Gasteiger partial charge in [-0.3, -0.25) is 4.79 Å². The molecule has 0 aromatic rings. The maximum Gasteiger partial charge on any atom is 0.319 e. The van der Waals surface area contributed by atoms with Gasteiger partial charge in [0.1, 0.15) is 0 Å². The van der Waals surface area contributed by atoms with Crippen LogP contribution in [-0.4, -0.2) is 25.7 Å². The zero-order valence-electron chi connectivity index (χ0n) is 10.6. The number of carbonyl (C=O) groups excluding carboxylic acids is 1. The van der Waals surface area contributed by atoms with E-state index in [1.807, 2.05) is 0 Å². The smallest absolute Gasteiger partial charge is 0.319 e. The third-order valence-electron chi connectivity index (χ3n) is 2.59. The van der Waals surface area contributed by atoms with Crippen LogP contribution >= 0.6 is 0 Å². The Hall–Kier alpha value is -0.570. The first-order valence-electron chi connectivity index (χ1n) is 5.88. The summed E-state index contributed by atoms with van der Waals surface area (Å²) in [6.07, 6.45) is 3.11. The lowest BCUT2D eigenvalue weighted by Crippen LogP contribution is -2.33. The van der Waals surface area contributed by atoms with E-state index in [0.29, 0.717) is 13.2 Å². The first-order chi connectivity index (χ1) is 7.02. The first-order valence-corrected chi connectivity index (χ1v) is 5.88. The quantitative estimate of drug-likeness (QED) is 0.499. The molecule has 0 aliphatic carbocycles. The molecule has 0 fully saturated rings. The normalized spacial score (nSPS) is 11.5. The lowest BCUT2D eigenvalue weighted by molar-refractivity contribution is -0.142. The van der Waals surface area contributed by atoms with Crippen molar-refractivity contribution in [2.75, 3.05) is 19.7 Å². The van der Waals surface area contributed by atoms with Crippen LogP contribution in [0.25, 0.3) is 0 Å². The van der Waals surface area contributed by atoms with Gasteiger partial charge in [0, 0.05) is 6.54 Å². The van der Waals surface area contributed by atoms with Crippen molar-refractivity contribution in [3.63, 3.8) is 0 Å². The van der Waals surface area contributed by atoms with Gasteiger partial charge in [-0.25, -0.2) is 0 Å². The summed E-state index contributed by atoms with van der Waals surface area (Å²) in [6, 6.07) is 0. The second-order valence-electron chi connectivity index (χ2n) is 4.70. The number of esters is 1. The molecule has 0 saturated carbocycles. The van der Waals surface area contributed by atoms with Crippen molar-refractivity contribution >= 4 is 5.97 Å². The average molecular weight is 215 g/mol. The maximum absolute atomic E-state index is 11.2. The molecule has 0 aliphatic heterocycles. The van der Waals surface area contributed by atoms with E-state index < -0.39 is 0 Å². The minimum atomic E-state index is -0.143. The molecule has 0 spiro atoms. The van der Waals surface area contributed by atoms with Gasteiger partial charge < -0.3 is 10.1 Å². The molecule has 90 valence electrons. The number of nitrogens with one attached hydrogen (secondary N) is 1. The Labute approximate surface area is 93.6 Å². The highest BCUT2D eigenvalue weighted by molar-refractivity contribution is 5.71. The summed E-state index contributed by atoms with van der Waals surface area (Å²) in [5.41, 5.74) is 0.254. The minimum absolute atomic E-state index is 0.143. The van der Waals surface area contributed by atoms with Gasteiger partial charge in [-0.2, -0.15) is 0 Å². The monoisotopic (exact) mass is 215 g/mol. The SMILES string of the molecule is CCCCOC(=O)CNCC(C)(C)CC. The third-order valence-corrected chi connectivity index (χ3v) is 2.59. The van der Waals surface area contributed by atoms with Crippen LogP contribution in [-0.2, 0) is 9.53 Å². The molecule has 0 aliphatic rings.